The topological polar surface area (TPSA) is 66.1 Å². The highest BCUT2D eigenvalue weighted by molar-refractivity contribution is 5.42. The first-order chi connectivity index (χ1) is 8.72. The highest BCUT2D eigenvalue weighted by Gasteiger charge is 2.04. The van der Waals surface area contributed by atoms with Crippen LogP contribution in [-0.4, -0.2) is 17.2 Å². The molecule has 0 atom stereocenters. The third-order valence-corrected chi connectivity index (χ3v) is 2.60. The molecular formula is C14H12N2O2. The van der Waals surface area contributed by atoms with Gasteiger partial charge in [-0.3, -0.25) is 4.98 Å². The SMILES string of the molecule is COc1ccc(Cc2cc(C#N)c(O)cn2)cc1. The minimum absolute atomic E-state index is 0.0871. The van der Waals surface area contributed by atoms with Gasteiger partial charge in [0.15, 0.2) is 5.75 Å². The normalized spacial score (nSPS) is 9.78. The number of nitrogens with zero attached hydrogens (tertiary/aromatic N) is 2. The lowest BCUT2D eigenvalue weighted by atomic mass is 10.1. The number of aromatic nitrogens is 1. The third-order valence-electron chi connectivity index (χ3n) is 2.60. The van der Waals surface area contributed by atoms with Crippen LogP contribution in [-0.2, 0) is 6.42 Å². The Bertz CT molecular complexity index is 586. The molecule has 0 spiro atoms. The summed E-state index contributed by atoms with van der Waals surface area (Å²) in [4.78, 5) is 4.09. The average Bonchev–Trinajstić information content (AvgIpc) is 2.42. The van der Waals surface area contributed by atoms with Gasteiger partial charge in [-0.25, -0.2) is 0 Å². The first-order valence-electron chi connectivity index (χ1n) is 5.44. The van der Waals surface area contributed by atoms with Crippen LogP contribution in [0.1, 0.15) is 16.8 Å². The quantitative estimate of drug-likeness (QED) is 0.893. The molecule has 0 bridgehead atoms. The molecule has 18 heavy (non-hydrogen) atoms. The summed E-state index contributed by atoms with van der Waals surface area (Å²) < 4.78 is 5.08. The van der Waals surface area contributed by atoms with Crippen LogP contribution in [0.3, 0.4) is 0 Å². The molecule has 1 N–H and O–H groups in total. The van der Waals surface area contributed by atoms with E-state index in [4.69, 9.17) is 10.00 Å². The van der Waals surface area contributed by atoms with E-state index in [9.17, 15) is 5.11 Å². The van der Waals surface area contributed by atoms with Crippen LogP contribution in [0.4, 0.5) is 0 Å². The Morgan fingerprint density at radius 3 is 2.67 bits per heavy atom. The van der Waals surface area contributed by atoms with Crippen LogP contribution >= 0.6 is 0 Å². The molecular weight excluding hydrogens is 228 g/mol. The van der Waals surface area contributed by atoms with Crippen LogP contribution < -0.4 is 4.74 Å². The van der Waals surface area contributed by atoms with Gasteiger partial charge in [0, 0.05) is 12.1 Å². The Morgan fingerprint density at radius 2 is 2.06 bits per heavy atom. The number of benzene rings is 1. The molecule has 4 nitrogen and oxygen atoms in total. The first kappa shape index (κ1) is 11.9. The Hall–Kier alpha value is -2.54. The molecule has 0 radical (unpaired) electrons. The summed E-state index contributed by atoms with van der Waals surface area (Å²) in [6.07, 6.45) is 1.91. The molecule has 0 aliphatic carbocycles. The van der Waals surface area contributed by atoms with Crippen LogP contribution in [0.25, 0.3) is 0 Å². The van der Waals surface area contributed by atoms with Gasteiger partial charge < -0.3 is 9.84 Å². The minimum Gasteiger partial charge on any atom is -0.505 e. The molecule has 1 heterocycles. The zero-order valence-electron chi connectivity index (χ0n) is 9.92. The number of nitriles is 1. The number of methoxy groups -OCH3 is 1. The fraction of sp³-hybridized carbons (Fsp3) is 0.143. The monoisotopic (exact) mass is 240 g/mol. The lowest BCUT2D eigenvalue weighted by molar-refractivity contribution is 0.414. The molecule has 0 saturated heterocycles. The van der Waals surface area contributed by atoms with Gasteiger partial charge in [0.05, 0.1) is 18.9 Å². The number of pyridine rings is 1. The Balaban J connectivity index is 2.20. The molecule has 0 aliphatic rings. The number of ether oxygens (including phenoxy) is 1. The van der Waals surface area contributed by atoms with Gasteiger partial charge in [-0.1, -0.05) is 12.1 Å². The van der Waals surface area contributed by atoms with Crippen LogP contribution in [0.5, 0.6) is 11.5 Å². The van der Waals surface area contributed by atoms with E-state index in [2.05, 4.69) is 4.98 Å². The third kappa shape index (κ3) is 2.58. The van der Waals surface area contributed by atoms with Crippen LogP contribution in [0.2, 0.25) is 0 Å². The van der Waals surface area contributed by atoms with Crippen molar-refractivity contribution in [3.63, 3.8) is 0 Å². The van der Waals surface area contributed by atoms with E-state index >= 15 is 0 Å². The van der Waals surface area contributed by atoms with E-state index in [0.29, 0.717) is 6.42 Å². The number of hydrogen-bond acceptors (Lipinski definition) is 4. The Morgan fingerprint density at radius 1 is 1.33 bits per heavy atom. The molecule has 0 aliphatic heterocycles. The van der Waals surface area contributed by atoms with E-state index in [1.54, 1.807) is 13.2 Å². The zero-order chi connectivity index (χ0) is 13.0. The van der Waals surface area contributed by atoms with E-state index in [1.807, 2.05) is 30.3 Å². The highest BCUT2D eigenvalue weighted by atomic mass is 16.5. The van der Waals surface area contributed by atoms with Crippen molar-refractivity contribution in [2.75, 3.05) is 7.11 Å². The van der Waals surface area contributed by atoms with Gasteiger partial charge in [0.1, 0.15) is 11.8 Å². The maximum atomic E-state index is 9.37. The van der Waals surface area contributed by atoms with Crippen LogP contribution in [0.15, 0.2) is 36.5 Å². The second-order valence-corrected chi connectivity index (χ2v) is 3.83. The molecule has 1 aromatic carbocycles. The lowest BCUT2D eigenvalue weighted by Crippen LogP contribution is -1.93. The van der Waals surface area contributed by atoms with Gasteiger partial charge in [-0.2, -0.15) is 5.26 Å². The highest BCUT2D eigenvalue weighted by Crippen LogP contribution is 2.18. The standard InChI is InChI=1S/C14H12N2O2/c1-18-13-4-2-10(3-5-13)6-12-7-11(8-15)14(17)9-16-12/h2-5,7,9,17H,6H2,1H3. The smallest absolute Gasteiger partial charge is 0.151 e. The fourth-order valence-corrected chi connectivity index (χ4v) is 1.63. The van der Waals surface area contributed by atoms with Crippen molar-refractivity contribution in [3.8, 4) is 17.6 Å². The molecule has 0 unspecified atom stereocenters. The molecule has 1 aromatic heterocycles. The van der Waals surface area contributed by atoms with Crippen molar-refractivity contribution in [1.82, 2.24) is 4.98 Å². The summed E-state index contributed by atoms with van der Waals surface area (Å²) in [7, 11) is 1.62. The fourth-order valence-electron chi connectivity index (χ4n) is 1.63. The molecule has 2 rings (SSSR count). The van der Waals surface area contributed by atoms with Crippen molar-refractivity contribution in [3.05, 3.63) is 53.3 Å². The van der Waals surface area contributed by atoms with Crippen molar-refractivity contribution < 1.29 is 9.84 Å². The summed E-state index contributed by atoms with van der Waals surface area (Å²) in [5.74, 6) is 0.714. The Kier molecular flexibility index (Phi) is 3.44. The van der Waals surface area contributed by atoms with E-state index in [-0.39, 0.29) is 11.3 Å². The summed E-state index contributed by atoms with van der Waals surface area (Å²) in [6, 6.07) is 11.2. The van der Waals surface area contributed by atoms with Gasteiger partial charge in [0.25, 0.3) is 0 Å². The molecule has 4 heteroatoms. The summed E-state index contributed by atoms with van der Waals surface area (Å²) in [5.41, 5.74) is 2.06. The van der Waals surface area contributed by atoms with Gasteiger partial charge in [-0.05, 0) is 23.8 Å². The van der Waals surface area contributed by atoms with E-state index < -0.39 is 0 Å². The second-order valence-electron chi connectivity index (χ2n) is 3.83. The Labute approximate surface area is 105 Å². The van der Waals surface area contributed by atoms with Crippen molar-refractivity contribution in [2.24, 2.45) is 0 Å². The molecule has 0 saturated carbocycles. The predicted octanol–water partition coefficient (Wildman–Crippen LogP) is 2.26. The zero-order valence-corrected chi connectivity index (χ0v) is 9.92. The van der Waals surface area contributed by atoms with Crippen molar-refractivity contribution in [2.45, 2.75) is 6.42 Å². The summed E-state index contributed by atoms with van der Waals surface area (Å²) in [6.45, 7) is 0. The second kappa shape index (κ2) is 5.19. The summed E-state index contributed by atoms with van der Waals surface area (Å²) >= 11 is 0. The number of hydrogen-bond donors (Lipinski definition) is 1. The van der Waals surface area contributed by atoms with Gasteiger partial charge >= 0.3 is 0 Å². The van der Waals surface area contributed by atoms with Crippen molar-refractivity contribution in [1.29, 1.82) is 5.26 Å². The maximum Gasteiger partial charge on any atom is 0.151 e. The van der Waals surface area contributed by atoms with Crippen molar-refractivity contribution >= 4 is 0 Å². The number of aromatic hydroxyl groups is 1. The maximum absolute atomic E-state index is 9.37. The van der Waals surface area contributed by atoms with E-state index in [1.165, 1.54) is 6.20 Å². The molecule has 2 aromatic rings. The summed E-state index contributed by atoms with van der Waals surface area (Å²) in [5, 5.41) is 18.2. The first-order valence-corrected chi connectivity index (χ1v) is 5.44. The average molecular weight is 240 g/mol. The van der Waals surface area contributed by atoms with Gasteiger partial charge in [0.2, 0.25) is 0 Å². The molecule has 0 amide bonds. The van der Waals surface area contributed by atoms with E-state index in [0.717, 1.165) is 17.0 Å². The number of rotatable bonds is 3. The van der Waals surface area contributed by atoms with Gasteiger partial charge in [-0.15, -0.1) is 0 Å². The predicted molar refractivity (Wildman–Crippen MR) is 66.4 cm³/mol. The van der Waals surface area contributed by atoms with Crippen LogP contribution in [0, 0.1) is 11.3 Å². The lowest BCUT2D eigenvalue weighted by Gasteiger charge is -2.04. The minimum atomic E-state index is -0.0871. The largest absolute Gasteiger partial charge is 0.505 e. The molecule has 0 fully saturated rings. The molecule has 90 valence electrons.